The Hall–Kier alpha value is -2.00. The second kappa shape index (κ2) is 9.33. The molecule has 1 aliphatic rings. The molecule has 2 rings (SSSR count). The van der Waals surface area contributed by atoms with Gasteiger partial charge in [-0.3, -0.25) is 4.21 Å². The minimum absolute atomic E-state index is 0.0810. The predicted molar refractivity (Wildman–Crippen MR) is 97.7 cm³/mol. The number of nitrogens with one attached hydrogen (secondary N) is 2. The molecule has 24 heavy (non-hydrogen) atoms. The molecular weight excluding hydrogens is 324 g/mol. The van der Waals surface area contributed by atoms with Gasteiger partial charge < -0.3 is 15.4 Å². The number of hydrogen-bond acceptors (Lipinski definition) is 3. The zero-order valence-corrected chi connectivity index (χ0v) is 14.7. The monoisotopic (exact) mass is 348 g/mol. The first kappa shape index (κ1) is 18.3. The first-order chi connectivity index (χ1) is 11.6. The van der Waals surface area contributed by atoms with Gasteiger partial charge in [0.2, 0.25) is 0 Å². The van der Waals surface area contributed by atoms with Crippen LogP contribution in [-0.4, -0.2) is 33.9 Å². The lowest BCUT2D eigenvalue weighted by atomic mass is 9.95. The van der Waals surface area contributed by atoms with Crippen LogP contribution in [0.4, 0.5) is 10.5 Å². The lowest BCUT2D eigenvalue weighted by Gasteiger charge is -2.29. The molecule has 1 aliphatic carbocycles. The van der Waals surface area contributed by atoms with Crippen LogP contribution in [0.5, 0.6) is 5.75 Å². The topological polar surface area (TPSA) is 67.4 Å². The highest BCUT2D eigenvalue weighted by atomic mass is 32.2. The van der Waals surface area contributed by atoms with Gasteiger partial charge in [-0.15, -0.1) is 6.42 Å². The Morgan fingerprint density at radius 3 is 2.79 bits per heavy atom. The number of amides is 2. The van der Waals surface area contributed by atoms with E-state index in [0.717, 1.165) is 25.7 Å². The van der Waals surface area contributed by atoms with Crippen molar-refractivity contribution >= 4 is 22.5 Å². The number of terminal acetylenes is 1. The first-order valence-corrected chi connectivity index (χ1v) is 9.61. The van der Waals surface area contributed by atoms with Gasteiger partial charge in [-0.1, -0.05) is 19.3 Å². The third-order valence-electron chi connectivity index (χ3n) is 4.05. The Labute approximate surface area is 146 Å². The van der Waals surface area contributed by atoms with Crippen LogP contribution in [-0.2, 0) is 10.8 Å². The standard InChI is InChI=1S/C18H24N2O3S/c1-3-12-23-16-10-8-14(9-11-16)19-18(21)20-15-6-5-7-17(13-15)24(22)4-2/h1,8-11,15,17H,4-7,12-13H2,2H3,(H2,19,20,21)/t15-,17+,24+/m1/s1. The number of anilines is 1. The molecule has 0 radical (unpaired) electrons. The van der Waals surface area contributed by atoms with Crippen LogP contribution in [0.25, 0.3) is 0 Å². The zero-order valence-electron chi connectivity index (χ0n) is 13.9. The van der Waals surface area contributed by atoms with Gasteiger partial charge in [0.25, 0.3) is 0 Å². The molecule has 2 N–H and O–H groups in total. The van der Waals surface area contributed by atoms with Crippen molar-refractivity contribution in [2.75, 3.05) is 17.7 Å². The van der Waals surface area contributed by atoms with E-state index >= 15 is 0 Å². The highest BCUT2D eigenvalue weighted by Crippen LogP contribution is 2.23. The fourth-order valence-corrected chi connectivity index (χ4v) is 4.21. The molecular formula is C18H24N2O3S. The fourth-order valence-electron chi connectivity index (χ4n) is 2.86. The van der Waals surface area contributed by atoms with Gasteiger partial charge in [0, 0.05) is 33.5 Å². The van der Waals surface area contributed by atoms with Crippen LogP contribution in [0.2, 0.25) is 0 Å². The van der Waals surface area contributed by atoms with Crippen molar-refractivity contribution in [3.05, 3.63) is 24.3 Å². The van der Waals surface area contributed by atoms with Crippen LogP contribution in [0, 0.1) is 12.3 Å². The molecule has 0 heterocycles. The number of carbonyl (C=O) groups excluding carboxylic acids is 1. The van der Waals surface area contributed by atoms with Crippen LogP contribution >= 0.6 is 0 Å². The molecule has 6 heteroatoms. The third kappa shape index (κ3) is 5.57. The SMILES string of the molecule is C#CCOc1ccc(NC(=O)N[C@@H]2CCC[C@H]([S@@](=O)CC)C2)cc1. The molecule has 0 aromatic heterocycles. The smallest absolute Gasteiger partial charge is 0.319 e. The maximum Gasteiger partial charge on any atom is 0.319 e. The first-order valence-electron chi connectivity index (χ1n) is 8.23. The number of hydrogen-bond donors (Lipinski definition) is 2. The Morgan fingerprint density at radius 1 is 1.38 bits per heavy atom. The number of urea groups is 1. The zero-order chi connectivity index (χ0) is 17.4. The number of benzene rings is 1. The maximum absolute atomic E-state index is 12.1. The van der Waals surface area contributed by atoms with Crippen LogP contribution in [0.3, 0.4) is 0 Å². The Bertz CT molecular complexity index is 610. The lowest BCUT2D eigenvalue weighted by molar-refractivity contribution is 0.244. The fraction of sp³-hybridized carbons (Fsp3) is 0.500. The van der Waals surface area contributed by atoms with E-state index in [9.17, 15) is 9.00 Å². The van der Waals surface area contributed by atoms with E-state index in [-0.39, 0.29) is 23.9 Å². The van der Waals surface area contributed by atoms with E-state index in [4.69, 9.17) is 11.2 Å². The van der Waals surface area contributed by atoms with Crippen molar-refractivity contribution < 1.29 is 13.7 Å². The molecule has 0 bridgehead atoms. The van der Waals surface area contributed by atoms with E-state index in [1.807, 2.05) is 6.92 Å². The molecule has 1 aromatic carbocycles. The minimum Gasteiger partial charge on any atom is -0.481 e. The van der Waals surface area contributed by atoms with Crippen molar-refractivity contribution in [1.29, 1.82) is 0 Å². The summed E-state index contributed by atoms with van der Waals surface area (Å²) >= 11 is 0. The van der Waals surface area contributed by atoms with Crippen molar-refractivity contribution in [3.8, 4) is 18.1 Å². The summed E-state index contributed by atoms with van der Waals surface area (Å²) in [4.78, 5) is 12.1. The van der Waals surface area contributed by atoms with Gasteiger partial charge in [0.15, 0.2) is 0 Å². The number of ether oxygens (including phenoxy) is 1. The molecule has 1 fully saturated rings. The Morgan fingerprint density at radius 2 is 2.12 bits per heavy atom. The Balaban J connectivity index is 1.82. The molecule has 1 saturated carbocycles. The summed E-state index contributed by atoms with van der Waals surface area (Å²) < 4.78 is 17.2. The average molecular weight is 348 g/mol. The van der Waals surface area contributed by atoms with E-state index in [0.29, 0.717) is 17.2 Å². The van der Waals surface area contributed by atoms with Gasteiger partial charge >= 0.3 is 6.03 Å². The van der Waals surface area contributed by atoms with E-state index in [2.05, 4.69) is 16.6 Å². The number of rotatable bonds is 6. The van der Waals surface area contributed by atoms with Gasteiger partial charge in [0.05, 0.1) is 0 Å². The molecule has 1 aromatic rings. The van der Waals surface area contributed by atoms with Gasteiger partial charge in [-0.25, -0.2) is 4.79 Å². The van der Waals surface area contributed by atoms with E-state index in [1.165, 1.54) is 0 Å². The van der Waals surface area contributed by atoms with Crippen molar-refractivity contribution in [1.82, 2.24) is 5.32 Å². The van der Waals surface area contributed by atoms with Gasteiger partial charge in [-0.05, 0) is 43.5 Å². The molecule has 130 valence electrons. The molecule has 5 nitrogen and oxygen atoms in total. The summed E-state index contributed by atoms with van der Waals surface area (Å²) in [6, 6.07) is 6.89. The van der Waals surface area contributed by atoms with Crippen LogP contribution < -0.4 is 15.4 Å². The Kier molecular flexibility index (Phi) is 7.13. The molecule has 2 amide bonds. The summed E-state index contributed by atoms with van der Waals surface area (Å²) in [5.74, 6) is 3.74. The van der Waals surface area contributed by atoms with Gasteiger partial charge in [-0.2, -0.15) is 0 Å². The van der Waals surface area contributed by atoms with E-state index in [1.54, 1.807) is 24.3 Å². The molecule has 3 atom stereocenters. The molecule has 0 unspecified atom stereocenters. The van der Waals surface area contributed by atoms with E-state index < -0.39 is 10.8 Å². The largest absolute Gasteiger partial charge is 0.481 e. The van der Waals surface area contributed by atoms with Crippen LogP contribution in [0.1, 0.15) is 32.6 Å². The second-order valence-electron chi connectivity index (χ2n) is 5.77. The normalized spacial score (nSPS) is 21.3. The molecule has 0 spiro atoms. The molecule has 0 aliphatic heterocycles. The third-order valence-corrected chi connectivity index (χ3v) is 5.79. The highest BCUT2D eigenvalue weighted by Gasteiger charge is 2.26. The average Bonchev–Trinajstić information content (AvgIpc) is 2.60. The summed E-state index contributed by atoms with van der Waals surface area (Å²) in [5.41, 5.74) is 0.685. The van der Waals surface area contributed by atoms with Crippen molar-refractivity contribution in [2.24, 2.45) is 0 Å². The summed E-state index contributed by atoms with van der Waals surface area (Å²) in [5, 5.41) is 5.99. The minimum atomic E-state index is -0.792. The number of carbonyl (C=O) groups is 1. The van der Waals surface area contributed by atoms with Gasteiger partial charge in [0.1, 0.15) is 12.4 Å². The summed E-state index contributed by atoms with van der Waals surface area (Å²) in [6.07, 6.45) is 8.85. The second-order valence-corrected chi connectivity index (χ2v) is 7.78. The highest BCUT2D eigenvalue weighted by molar-refractivity contribution is 7.85. The molecule has 0 saturated heterocycles. The summed E-state index contributed by atoms with van der Waals surface area (Å²) in [6.45, 7) is 2.16. The summed E-state index contributed by atoms with van der Waals surface area (Å²) in [7, 11) is -0.792. The predicted octanol–water partition coefficient (Wildman–Crippen LogP) is 2.90. The quantitative estimate of drug-likeness (QED) is 0.777. The van der Waals surface area contributed by atoms with Crippen molar-refractivity contribution in [3.63, 3.8) is 0 Å². The lowest BCUT2D eigenvalue weighted by Crippen LogP contribution is -2.42. The van der Waals surface area contributed by atoms with Crippen LogP contribution in [0.15, 0.2) is 24.3 Å². The maximum atomic E-state index is 12.1. The van der Waals surface area contributed by atoms with Crippen molar-refractivity contribution in [2.45, 2.75) is 43.9 Å².